The topological polar surface area (TPSA) is 125 Å². The average molecular weight is 679 g/mol. The molecule has 0 aliphatic carbocycles. The Bertz CT molecular complexity index is 1580. The van der Waals surface area contributed by atoms with Gasteiger partial charge >= 0.3 is 5.97 Å². The summed E-state index contributed by atoms with van der Waals surface area (Å²) in [5.41, 5.74) is 1.80. The number of fused-ring (bicyclic) bond motifs is 2. The van der Waals surface area contributed by atoms with Gasteiger partial charge in [0, 0.05) is 29.7 Å². The fraction of sp³-hybridized carbons (Fsp3) is 0.412. The van der Waals surface area contributed by atoms with E-state index in [0.717, 1.165) is 16.7 Å². The second-order valence-corrected chi connectivity index (χ2v) is 12.9. The Hall–Kier alpha value is -3.80. The molecular weight excluding hydrogens is 642 g/mol. The number of nitrogens with one attached hydrogen (secondary N) is 1. The van der Waals surface area contributed by atoms with Crippen LogP contribution in [0.1, 0.15) is 35.6 Å². The maximum atomic E-state index is 14.8. The minimum atomic E-state index is -1.43. The fourth-order valence-corrected chi connectivity index (χ4v) is 7.77. The molecule has 0 saturated carbocycles. The lowest BCUT2D eigenvalue weighted by Crippen LogP contribution is -2.56. The molecule has 0 aromatic heterocycles. The van der Waals surface area contributed by atoms with Gasteiger partial charge in [0.25, 0.3) is 5.91 Å². The van der Waals surface area contributed by atoms with Crippen molar-refractivity contribution in [1.29, 1.82) is 0 Å². The minimum absolute atomic E-state index is 0.0878. The lowest BCUT2D eigenvalue weighted by molar-refractivity contribution is -0.145. The summed E-state index contributed by atoms with van der Waals surface area (Å²) < 4.78 is 12.7. The van der Waals surface area contributed by atoms with E-state index in [1.807, 2.05) is 74.5 Å². The van der Waals surface area contributed by atoms with Crippen molar-refractivity contribution in [2.45, 2.75) is 50.5 Å². The zero-order chi connectivity index (χ0) is 31.9. The third kappa shape index (κ3) is 5.51. The van der Waals surface area contributed by atoms with E-state index in [4.69, 9.17) is 9.47 Å². The third-order valence-electron chi connectivity index (χ3n) is 9.12. The van der Waals surface area contributed by atoms with Crippen LogP contribution in [0.25, 0.3) is 0 Å². The molecule has 2 N–H and O–H groups in total. The van der Waals surface area contributed by atoms with Crippen molar-refractivity contribution in [2.24, 2.45) is 11.8 Å². The van der Waals surface area contributed by atoms with E-state index in [9.17, 15) is 24.3 Å². The third-order valence-corrected chi connectivity index (χ3v) is 9.80. The molecule has 6 rings (SSSR count). The van der Waals surface area contributed by atoms with Crippen molar-refractivity contribution < 1.29 is 33.8 Å². The van der Waals surface area contributed by atoms with E-state index in [0.29, 0.717) is 16.6 Å². The van der Waals surface area contributed by atoms with Crippen LogP contribution in [-0.4, -0.2) is 77.7 Å². The monoisotopic (exact) mass is 677 g/mol. The van der Waals surface area contributed by atoms with Crippen LogP contribution in [0.2, 0.25) is 0 Å². The number of aliphatic hydroxyl groups excluding tert-OH is 1. The highest BCUT2D eigenvalue weighted by Gasteiger charge is 2.74. The SMILES string of the molecule is Cc1ccc(C)c(N2C/C=C\CCC(=O)OC[C@@H](c3ccccc3)NC(=O)[C@@H]3[C@H]4O[C@@]5(C=C4Br)[C@H](C2=O)N(CCO)C(=O)[C@@H]35)c1. The van der Waals surface area contributed by atoms with Crippen LogP contribution in [0.5, 0.6) is 0 Å². The molecule has 2 saturated heterocycles. The largest absolute Gasteiger partial charge is 0.463 e. The molecule has 4 aliphatic rings. The number of aliphatic hydroxyl groups is 1. The first-order valence-electron chi connectivity index (χ1n) is 15.2. The number of amides is 3. The molecule has 2 aromatic rings. The number of nitrogens with zero attached hydrogens (tertiary/aromatic N) is 2. The lowest BCUT2D eigenvalue weighted by atomic mass is 9.74. The molecular formula is C34H36BrN3O7. The normalized spacial score (nSPS) is 31.0. The molecule has 0 radical (unpaired) electrons. The van der Waals surface area contributed by atoms with Gasteiger partial charge in [0.1, 0.15) is 24.4 Å². The molecule has 236 valence electrons. The van der Waals surface area contributed by atoms with Crippen molar-refractivity contribution in [1.82, 2.24) is 10.2 Å². The summed E-state index contributed by atoms with van der Waals surface area (Å²) in [4.78, 5) is 58.9. The summed E-state index contributed by atoms with van der Waals surface area (Å²) in [6.07, 6.45) is 5.14. The number of esters is 1. The summed E-state index contributed by atoms with van der Waals surface area (Å²) in [5, 5.41) is 13.0. The predicted octanol–water partition coefficient (Wildman–Crippen LogP) is 3.25. The number of cyclic esters (lactones) is 1. The minimum Gasteiger partial charge on any atom is -0.463 e. The Kier molecular flexibility index (Phi) is 8.69. The molecule has 10 nitrogen and oxygen atoms in total. The number of aryl methyl sites for hydroxylation is 2. The summed E-state index contributed by atoms with van der Waals surface area (Å²) in [6, 6.07) is 13.2. The van der Waals surface area contributed by atoms with Crippen molar-refractivity contribution in [3.63, 3.8) is 0 Å². The summed E-state index contributed by atoms with van der Waals surface area (Å²) in [7, 11) is 0. The van der Waals surface area contributed by atoms with Crippen LogP contribution in [0.3, 0.4) is 0 Å². The molecule has 1 spiro atoms. The van der Waals surface area contributed by atoms with E-state index < -0.39 is 53.4 Å². The average Bonchev–Trinajstić information content (AvgIpc) is 3.61. The van der Waals surface area contributed by atoms with Crippen LogP contribution < -0.4 is 10.2 Å². The quantitative estimate of drug-likeness (QED) is 0.376. The Morgan fingerprint density at radius 3 is 2.58 bits per heavy atom. The molecule has 6 atom stereocenters. The number of ether oxygens (including phenoxy) is 2. The van der Waals surface area contributed by atoms with Crippen LogP contribution in [0.15, 0.2) is 71.2 Å². The van der Waals surface area contributed by atoms with Gasteiger partial charge in [0.15, 0.2) is 0 Å². The maximum Gasteiger partial charge on any atom is 0.306 e. The van der Waals surface area contributed by atoms with Crippen LogP contribution >= 0.6 is 15.9 Å². The fourth-order valence-electron chi connectivity index (χ4n) is 7.03. The Morgan fingerprint density at radius 1 is 1.04 bits per heavy atom. The number of carbonyl (C=O) groups excluding carboxylic acids is 4. The molecule has 3 amide bonds. The number of carbonyl (C=O) groups is 4. The number of anilines is 1. The molecule has 5 bridgehead atoms. The number of likely N-dealkylation sites (tertiary alicyclic amines) is 1. The first-order valence-corrected chi connectivity index (χ1v) is 16.0. The molecule has 45 heavy (non-hydrogen) atoms. The predicted molar refractivity (Wildman–Crippen MR) is 169 cm³/mol. The van der Waals surface area contributed by atoms with Crippen LogP contribution in [-0.2, 0) is 28.7 Å². The van der Waals surface area contributed by atoms with Crippen LogP contribution in [0.4, 0.5) is 5.69 Å². The Morgan fingerprint density at radius 2 is 1.82 bits per heavy atom. The van der Waals surface area contributed by atoms with Gasteiger partial charge in [0.2, 0.25) is 11.8 Å². The first-order chi connectivity index (χ1) is 21.7. The van der Waals surface area contributed by atoms with Gasteiger partial charge in [-0.1, -0.05) is 70.5 Å². The maximum absolute atomic E-state index is 14.8. The van der Waals surface area contributed by atoms with Crippen molar-refractivity contribution in [3.05, 3.63) is 87.9 Å². The van der Waals surface area contributed by atoms with Crippen LogP contribution in [0, 0.1) is 25.7 Å². The smallest absolute Gasteiger partial charge is 0.306 e. The van der Waals surface area contributed by atoms with Crippen molar-refractivity contribution in [2.75, 3.05) is 31.2 Å². The number of hydrogen-bond acceptors (Lipinski definition) is 7. The standard InChI is InChI=1S/C34H36BrN3O7/c1-20-12-13-21(2)25(17-20)37-14-8-4-7-11-26(40)44-19-24(22-9-5-3-6-10-22)36-31(41)27-28-32(42)38(15-16-39)30(33(37)43)34(28)18-23(35)29(27)45-34/h3-6,8-10,12-13,17-18,24,27-30,39H,7,11,14-16,19H2,1-2H3,(H,36,41)/b8-4-/t24-,27-,28+,29-,30-,34+/m0/s1. The Balaban J connectivity index is 1.46. The van der Waals surface area contributed by atoms with Gasteiger partial charge < -0.3 is 29.7 Å². The summed E-state index contributed by atoms with van der Waals surface area (Å²) in [6.45, 7) is 3.47. The number of halogens is 1. The molecule has 4 heterocycles. The van der Waals surface area contributed by atoms with Gasteiger partial charge in [-0.25, -0.2) is 0 Å². The van der Waals surface area contributed by atoms with Gasteiger partial charge in [-0.3, -0.25) is 19.2 Å². The van der Waals surface area contributed by atoms with Crippen molar-refractivity contribution in [3.8, 4) is 0 Å². The number of rotatable bonds is 4. The number of benzene rings is 2. The molecule has 2 fully saturated rings. The van der Waals surface area contributed by atoms with E-state index in [2.05, 4.69) is 21.2 Å². The van der Waals surface area contributed by atoms with Gasteiger partial charge in [0.05, 0.1) is 24.5 Å². The van der Waals surface area contributed by atoms with E-state index >= 15 is 0 Å². The zero-order valence-electron chi connectivity index (χ0n) is 25.1. The second-order valence-electron chi connectivity index (χ2n) is 12.0. The highest BCUT2D eigenvalue weighted by atomic mass is 79.9. The molecule has 2 aromatic carbocycles. The Labute approximate surface area is 270 Å². The van der Waals surface area contributed by atoms with Gasteiger partial charge in [-0.15, -0.1) is 0 Å². The molecule has 11 heteroatoms. The van der Waals surface area contributed by atoms with Gasteiger partial charge in [-0.05, 0) is 49.1 Å². The van der Waals surface area contributed by atoms with Gasteiger partial charge in [-0.2, -0.15) is 0 Å². The highest BCUT2D eigenvalue weighted by molar-refractivity contribution is 9.11. The van der Waals surface area contributed by atoms with E-state index in [-0.39, 0.29) is 38.6 Å². The lowest BCUT2D eigenvalue weighted by Gasteiger charge is -2.36. The second kappa shape index (κ2) is 12.5. The number of allylic oxidation sites excluding steroid dienone is 1. The first kappa shape index (κ1) is 31.2. The van der Waals surface area contributed by atoms with E-state index in [1.54, 1.807) is 11.0 Å². The summed E-state index contributed by atoms with van der Waals surface area (Å²) >= 11 is 3.58. The highest BCUT2D eigenvalue weighted by Crippen LogP contribution is 2.58. The molecule has 4 aliphatic heterocycles. The molecule has 0 unspecified atom stereocenters. The summed E-state index contributed by atoms with van der Waals surface area (Å²) in [5.74, 6) is -3.66. The number of β-amino-alcohol motifs (C(OH)–C–C–N with tert-alkyl or cyclic N) is 1. The van der Waals surface area contributed by atoms with Crippen molar-refractivity contribution >= 4 is 45.3 Å². The zero-order valence-corrected chi connectivity index (χ0v) is 26.7. The number of hydrogen-bond donors (Lipinski definition) is 2. The van der Waals surface area contributed by atoms with E-state index in [1.165, 1.54) is 4.90 Å².